The molecule has 0 atom stereocenters. The van der Waals surface area contributed by atoms with Gasteiger partial charge in [-0.25, -0.2) is 13.1 Å². The van der Waals surface area contributed by atoms with Gasteiger partial charge in [-0.15, -0.1) is 0 Å². The number of sulfonamides is 1. The summed E-state index contributed by atoms with van der Waals surface area (Å²) < 4.78 is 27.6. The maximum Gasteiger partial charge on any atom is 0.241 e. The summed E-state index contributed by atoms with van der Waals surface area (Å²) in [6.07, 6.45) is 1.98. The van der Waals surface area contributed by atoms with Gasteiger partial charge >= 0.3 is 0 Å². The van der Waals surface area contributed by atoms with Gasteiger partial charge in [-0.05, 0) is 57.2 Å². The van der Waals surface area contributed by atoms with E-state index in [2.05, 4.69) is 10.0 Å². The molecule has 20 heavy (non-hydrogen) atoms. The molecular weight excluding hydrogens is 292 g/mol. The van der Waals surface area contributed by atoms with E-state index in [4.69, 9.17) is 0 Å². The monoisotopic (exact) mass is 316 g/mol. The van der Waals surface area contributed by atoms with Gasteiger partial charge in [0.05, 0.1) is 4.90 Å². The molecule has 6 heteroatoms. The van der Waals surface area contributed by atoms with Crippen LogP contribution in [-0.4, -0.2) is 33.0 Å². The molecule has 0 bridgehead atoms. The summed E-state index contributed by atoms with van der Waals surface area (Å²) >= 11 is 1.64. The third kappa shape index (κ3) is 4.14. The standard InChI is InChI=1S/C14H24N2O2S2/c1-10-7-12(15-5)8-11(2)13(10)20(17,18)16-9-14(3,4)19-6/h7-8,15-16H,9H2,1-6H3. The van der Waals surface area contributed by atoms with Crippen molar-refractivity contribution in [2.75, 3.05) is 25.2 Å². The van der Waals surface area contributed by atoms with E-state index < -0.39 is 10.0 Å². The highest BCUT2D eigenvalue weighted by atomic mass is 32.2. The number of benzene rings is 1. The summed E-state index contributed by atoms with van der Waals surface area (Å²) in [5, 5.41) is 3.03. The van der Waals surface area contributed by atoms with Crippen molar-refractivity contribution in [3.8, 4) is 0 Å². The Morgan fingerprint density at radius 2 is 1.70 bits per heavy atom. The van der Waals surface area contributed by atoms with Crippen LogP contribution in [0.4, 0.5) is 5.69 Å². The van der Waals surface area contributed by atoms with Gasteiger partial charge in [-0.3, -0.25) is 0 Å². The van der Waals surface area contributed by atoms with Crippen molar-refractivity contribution in [3.63, 3.8) is 0 Å². The third-order valence-electron chi connectivity index (χ3n) is 3.26. The van der Waals surface area contributed by atoms with E-state index in [1.807, 2.05) is 53.1 Å². The van der Waals surface area contributed by atoms with Gasteiger partial charge in [-0.2, -0.15) is 11.8 Å². The fourth-order valence-corrected chi connectivity index (χ4v) is 3.90. The lowest BCUT2D eigenvalue weighted by atomic mass is 10.1. The van der Waals surface area contributed by atoms with E-state index in [0.29, 0.717) is 11.4 Å². The zero-order valence-corrected chi connectivity index (χ0v) is 14.6. The van der Waals surface area contributed by atoms with Crippen LogP contribution in [0.3, 0.4) is 0 Å². The predicted molar refractivity (Wildman–Crippen MR) is 88.2 cm³/mol. The maximum absolute atomic E-state index is 12.5. The van der Waals surface area contributed by atoms with E-state index >= 15 is 0 Å². The highest BCUT2D eigenvalue weighted by Gasteiger charge is 2.24. The van der Waals surface area contributed by atoms with E-state index in [9.17, 15) is 8.42 Å². The zero-order valence-electron chi connectivity index (χ0n) is 13.0. The molecule has 0 radical (unpaired) electrons. The van der Waals surface area contributed by atoms with Crippen LogP contribution in [0.1, 0.15) is 25.0 Å². The van der Waals surface area contributed by atoms with Crippen LogP contribution in [0.2, 0.25) is 0 Å². The van der Waals surface area contributed by atoms with E-state index in [-0.39, 0.29) is 4.75 Å². The topological polar surface area (TPSA) is 58.2 Å². The Bertz CT molecular complexity index is 558. The molecule has 0 fully saturated rings. The first-order chi connectivity index (χ1) is 9.13. The van der Waals surface area contributed by atoms with Gasteiger partial charge in [0.1, 0.15) is 0 Å². The average Bonchev–Trinajstić information content (AvgIpc) is 2.35. The molecule has 4 nitrogen and oxygen atoms in total. The number of rotatable bonds is 6. The summed E-state index contributed by atoms with van der Waals surface area (Å²) in [5.41, 5.74) is 2.43. The Morgan fingerprint density at radius 3 is 2.10 bits per heavy atom. The lowest BCUT2D eigenvalue weighted by Gasteiger charge is -2.23. The average molecular weight is 316 g/mol. The van der Waals surface area contributed by atoms with Crippen molar-refractivity contribution < 1.29 is 8.42 Å². The summed E-state index contributed by atoms with van der Waals surface area (Å²) in [6.45, 7) is 8.08. The normalized spacial score (nSPS) is 12.5. The number of anilines is 1. The Hall–Kier alpha value is -0.720. The highest BCUT2D eigenvalue weighted by molar-refractivity contribution is 8.00. The molecule has 0 aliphatic rings. The number of aryl methyl sites for hydroxylation is 2. The molecule has 1 rings (SSSR count). The predicted octanol–water partition coefficient (Wildman–Crippen LogP) is 2.77. The molecule has 0 amide bonds. The highest BCUT2D eigenvalue weighted by Crippen LogP contribution is 2.25. The Morgan fingerprint density at radius 1 is 1.20 bits per heavy atom. The first kappa shape index (κ1) is 17.3. The first-order valence-corrected chi connectivity index (χ1v) is 9.17. The van der Waals surface area contributed by atoms with Crippen LogP contribution in [0, 0.1) is 13.8 Å². The molecule has 0 saturated carbocycles. The van der Waals surface area contributed by atoms with Crippen LogP contribution in [0.15, 0.2) is 17.0 Å². The van der Waals surface area contributed by atoms with Crippen molar-refractivity contribution in [2.24, 2.45) is 0 Å². The smallest absolute Gasteiger partial charge is 0.241 e. The largest absolute Gasteiger partial charge is 0.388 e. The van der Waals surface area contributed by atoms with Crippen LogP contribution < -0.4 is 10.0 Å². The van der Waals surface area contributed by atoms with Crippen LogP contribution in [0.5, 0.6) is 0 Å². The minimum atomic E-state index is -3.48. The van der Waals surface area contributed by atoms with Gasteiger partial charge in [0.2, 0.25) is 10.0 Å². The minimum absolute atomic E-state index is 0.125. The van der Waals surface area contributed by atoms with Gasteiger partial charge in [0.15, 0.2) is 0 Å². The number of hydrogen-bond acceptors (Lipinski definition) is 4. The summed E-state index contributed by atoms with van der Waals surface area (Å²) in [5.74, 6) is 0. The quantitative estimate of drug-likeness (QED) is 0.847. The van der Waals surface area contributed by atoms with Crippen molar-refractivity contribution >= 4 is 27.5 Å². The molecule has 0 aromatic heterocycles. The maximum atomic E-state index is 12.5. The summed E-state index contributed by atoms with van der Waals surface area (Å²) in [6, 6.07) is 3.70. The first-order valence-electron chi connectivity index (χ1n) is 6.47. The van der Waals surface area contributed by atoms with Crippen LogP contribution in [-0.2, 0) is 10.0 Å². The van der Waals surface area contributed by atoms with E-state index in [0.717, 1.165) is 16.8 Å². The zero-order chi connectivity index (χ0) is 15.6. The second-order valence-corrected chi connectivity index (χ2v) is 8.69. The van der Waals surface area contributed by atoms with Crippen LogP contribution >= 0.6 is 11.8 Å². The van der Waals surface area contributed by atoms with Crippen molar-refractivity contribution in [3.05, 3.63) is 23.3 Å². The van der Waals surface area contributed by atoms with Gasteiger partial charge < -0.3 is 5.32 Å². The van der Waals surface area contributed by atoms with E-state index in [1.54, 1.807) is 11.8 Å². The SMILES string of the molecule is CNc1cc(C)c(S(=O)(=O)NCC(C)(C)SC)c(C)c1. The van der Waals surface area contributed by atoms with Crippen molar-refractivity contribution in [1.29, 1.82) is 0 Å². The lowest BCUT2D eigenvalue weighted by Crippen LogP contribution is -2.36. The summed E-state index contributed by atoms with van der Waals surface area (Å²) in [7, 11) is -1.66. The fourth-order valence-electron chi connectivity index (χ4n) is 1.93. The molecule has 0 saturated heterocycles. The van der Waals surface area contributed by atoms with Crippen LogP contribution in [0.25, 0.3) is 0 Å². The molecule has 0 spiro atoms. The summed E-state index contributed by atoms with van der Waals surface area (Å²) in [4.78, 5) is 0.383. The van der Waals surface area contributed by atoms with Crippen molar-refractivity contribution in [1.82, 2.24) is 4.72 Å². The number of hydrogen-bond donors (Lipinski definition) is 2. The molecule has 0 unspecified atom stereocenters. The number of thioether (sulfide) groups is 1. The molecule has 114 valence electrons. The molecule has 1 aromatic rings. The fraction of sp³-hybridized carbons (Fsp3) is 0.571. The Kier molecular flexibility index (Phi) is 5.52. The molecule has 0 aliphatic carbocycles. The van der Waals surface area contributed by atoms with E-state index in [1.165, 1.54) is 0 Å². The number of nitrogens with one attached hydrogen (secondary N) is 2. The second kappa shape index (κ2) is 6.37. The molecule has 1 aromatic carbocycles. The van der Waals surface area contributed by atoms with Gasteiger partial charge in [0.25, 0.3) is 0 Å². The molecule has 0 aliphatic heterocycles. The minimum Gasteiger partial charge on any atom is -0.388 e. The van der Waals surface area contributed by atoms with Crippen molar-refractivity contribution in [2.45, 2.75) is 37.3 Å². The molecule has 2 N–H and O–H groups in total. The third-order valence-corrected chi connectivity index (χ3v) is 6.21. The second-order valence-electron chi connectivity index (χ2n) is 5.48. The Balaban J connectivity index is 3.11. The van der Waals surface area contributed by atoms with Gasteiger partial charge in [0, 0.05) is 24.0 Å². The van der Waals surface area contributed by atoms with Gasteiger partial charge in [-0.1, -0.05) is 0 Å². The lowest BCUT2D eigenvalue weighted by molar-refractivity contribution is 0.569. The molecular formula is C14H24N2O2S2. The Labute approximate surface area is 126 Å². The molecule has 0 heterocycles.